The van der Waals surface area contributed by atoms with Gasteiger partial charge in [0.25, 0.3) is 0 Å². The standard InChI is InChI=1S/C15H16N2O2S/c16-8-12-3-5-14(6-4-12)19-11-13(18)9-17-10-15-2-1-7-20-15/h1-7,13,17-18H,9-11H2. The Balaban J connectivity index is 1.66. The second kappa shape index (κ2) is 7.65. The van der Waals surface area contributed by atoms with Crippen LogP contribution in [-0.2, 0) is 6.54 Å². The van der Waals surface area contributed by atoms with E-state index in [0.717, 1.165) is 6.54 Å². The van der Waals surface area contributed by atoms with Gasteiger partial charge in [0.15, 0.2) is 0 Å². The summed E-state index contributed by atoms with van der Waals surface area (Å²) in [7, 11) is 0. The number of thiophene rings is 1. The van der Waals surface area contributed by atoms with Crippen LogP contribution in [0.3, 0.4) is 0 Å². The summed E-state index contributed by atoms with van der Waals surface area (Å²) in [6.45, 7) is 1.46. The Hall–Kier alpha value is -1.87. The van der Waals surface area contributed by atoms with Gasteiger partial charge >= 0.3 is 0 Å². The third-order valence-electron chi connectivity index (χ3n) is 2.69. The van der Waals surface area contributed by atoms with Crippen molar-refractivity contribution < 1.29 is 9.84 Å². The number of nitriles is 1. The number of nitrogens with zero attached hydrogens (tertiary/aromatic N) is 1. The van der Waals surface area contributed by atoms with Gasteiger partial charge in [-0.2, -0.15) is 5.26 Å². The molecule has 1 aromatic carbocycles. The van der Waals surface area contributed by atoms with Crippen LogP contribution in [0.5, 0.6) is 5.75 Å². The van der Waals surface area contributed by atoms with Crippen LogP contribution in [0.1, 0.15) is 10.4 Å². The molecule has 0 spiro atoms. The Bertz CT molecular complexity index is 546. The zero-order chi connectivity index (χ0) is 14.2. The van der Waals surface area contributed by atoms with Crippen molar-refractivity contribution in [3.63, 3.8) is 0 Å². The largest absolute Gasteiger partial charge is 0.491 e. The molecular weight excluding hydrogens is 272 g/mol. The lowest BCUT2D eigenvalue weighted by atomic mass is 10.2. The van der Waals surface area contributed by atoms with E-state index in [-0.39, 0.29) is 6.61 Å². The minimum absolute atomic E-state index is 0.226. The van der Waals surface area contributed by atoms with Gasteiger partial charge in [0.1, 0.15) is 18.5 Å². The summed E-state index contributed by atoms with van der Waals surface area (Å²) >= 11 is 1.69. The minimum Gasteiger partial charge on any atom is -0.491 e. The summed E-state index contributed by atoms with van der Waals surface area (Å²) in [5.74, 6) is 0.654. The van der Waals surface area contributed by atoms with Gasteiger partial charge in [0.2, 0.25) is 0 Å². The third-order valence-corrected chi connectivity index (χ3v) is 3.56. The van der Waals surface area contributed by atoms with Crippen LogP contribution >= 0.6 is 11.3 Å². The number of hydrogen-bond acceptors (Lipinski definition) is 5. The molecule has 2 aromatic rings. The number of rotatable bonds is 7. The molecule has 2 rings (SSSR count). The van der Waals surface area contributed by atoms with Crippen LogP contribution in [0.25, 0.3) is 0 Å². The Morgan fingerprint density at radius 2 is 2.10 bits per heavy atom. The molecule has 0 saturated carbocycles. The molecule has 1 atom stereocenters. The van der Waals surface area contributed by atoms with Crippen molar-refractivity contribution in [2.45, 2.75) is 12.6 Å². The van der Waals surface area contributed by atoms with Crippen molar-refractivity contribution in [1.29, 1.82) is 5.26 Å². The van der Waals surface area contributed by atoms with Gasteiger partial charge in [-0.15, -0.1) is 11.3 Å². The van der Waals surface area contributed by atoms with E-state index < -0.39 is 6.10 Å². The Kier molecular flexibility index (Phi) is 5.56. The molecule has 0 fully saturated rings. The lowest BCUT2D eigenvalue weighted by molar-refractivity contribution is 0.106. The average molecular weight is 288 g/mol. The molecule has 1 unspecified atom stereocenters. The lowest BCUT2D eigenvalue weighted by Gasteiger charge is -2.13. The van der Waals surface area contributed by atoms with Crippen LogP contribution in [0.2, 0.25) is 0 Å². The predicted octanol–water partition coefficient (Wildman–Crippen LogP) is 2.15. The second-order valence-electron chi connectivity index (χ2n) is 4.31. The maximum atomic E-state index is 9.80. The molecule has 1 aromatic heterocycles. The van der Waals surface area contributed by atoms with Gasteiger partial charge in [-0.3, -0.25) is 0 Å². The summed E-state index contributed by atoms with van der Waals surface area (Å²) in [5.41, 5.74) is 0.593. The number of ether oxygens (including phenoxy) is 1. The molecule has 0 saturated heterocycles. The molecular formula is C15H16N2O2S. The molecule has 2 N–H and O–H groups in total. The molecule has 5 heteroatoms. The first-order chi connectivity index (χ1) is 9.78. The van der Waals surface area contributed by atoms with E-state index in [1.807, 2.05) is 17.5 Å². The van der Waals surface area contributed by atoms with E-state index in [9.17, 15) is 5.11 Å². The highest BCUT2D eigenvalue weighted by Gasteiger charge is 2.05. The Labute approximate surface area is 122 Å². The maximum Gasteiger partial charge on any atom is 0.119 e. The van der Waals surface area contributed by atoms with Gasteiger partial charge in [-0.05, 0) is 35.7 Å². The molecule has 0 aliphatic heterocycles. The SMILES string of the molecule is N#Cc1ccc(OCC(O)CNCc2cccs2)cc1. The van der Waals surface area contributed by atoms with Gasteiger partial charge in [0.05, 0.1) is 11.6 Å². The summed E-state index contributed by atoms with van der Waals surface area (Å²) < 4.78 is 5.46. The van der Waals surface area contributed by atoms with Crippen LogP contribution in [0, 0.1) is 11.3 Å². The first kappa shape index (κ1) is 14.5. The molecule has 0 radical (unpaired) electrons. The highest BCUT2D eigenvalue weighted by molar-refractivity contribution is 7.09. The van der Waals surface area contributed by atoms with Crippen molar-refractivity contribution in [2.24, 2.45) is 0 Å². The van der Waals surface area contributed by atoms with Crippen molar-refractivity contribution in [3.05, 3.63) is 52.2 Å². The number of hydrogen-bond donors (Lipinski definition) is 2. The third kappa shape index (κ3) is 4.67. The number of aliphatic hydroxyl groups is 1. The van der Waals surface area contributed by atoms with Crippen LogP contribution in [0.4, 0.5) is 0 Å². The van der Waals surface area contributed by atoms with E-state index in [0.29, 0.717) is 17.9 Å². The van der Waals surface area contributed by atoms with Crippen molar-refractivity contribution in [1.82, 2.24) is 5.32 Å². The molecule has 20 heavy (non-hydrogen) atoms. The normalized spacial score (nSPS) is 11.8. The summed E-state index contributed by atoms with van der Waals surface area (Å²) in [6.07, 6.45) is -0.564. The molecule has 104 valence electrons. The lowest BCUT2D eigenvalue weighted by Crippen LogP contribution is -2.30. The van der Waals surface area contributed by atoms with E-state index in [1.54, 1.807) is 35.6 Å². The Morgan fingerprint density at radius 1 is 1.30 bits per heavy atom. The summed E-state index contributed by atoms with van der Waals surface area (Å²) in [6, 6.07) is 12.9. The molecule has 1 heterocycles. The van der Waals surface area contributed by atoms with E-state index >= 15 is 0 Å². The molecule has 4 nitrogen and oxygen atoms in total. The van der Waals surface area contributed by atoms with Crippen LogP contribution in [0.15, 0.2) is 41.8 Å². The van der Waals surface area contributed by atoms with E-state index in [2.05, 4.69) is 11.4 Å². The van der Waals surface area contributed by atoms with Crippen molar-refractivity contribution >= 4 is 11.3 Å². The van der Waals surface area contributed by atoms with Gasteiger partial charge in [-0.1, -0.05) is 6.07 Å². The van der Waals surface area contributed by atoms with Crippen LogP contribution < -0.4 is 10.1 Å². The van der Waals surface area contributed by atoms with Crippen LogP contribution in [-0.4, -0.2) is 24.4 Å². The maximum absolute atomic E-state index is 9.80. The second-order valence-corrected chi connectivity index (χ2v) is 5.34. The quantitative estimate of drug-likeness (QED) is 0.819. The molecule has 0 amide bonds. The number of aliphatic hydroxyl groups excluding tert-OH is 1. The number of nitrogens with one attached hydrogen (secondary N) is 1. The Morgan fingerprint density at radius 3 is 2.75 bits per heavy atom. The van der Waals surface area contributed by atoms with E-state index in [4.69, 9.17) is 10.00 Å². The summed E-state index contributed by atoms with van der Waals surface area (Å²) in [4.78, 5) is 1.24. The average Bonchev–Trinajstić information content (AvgIpc) is 2.99. The highest BCUT2D eigenvalue weighted by Crippen LogP contribution is 2.11. The highest BCUT2D eigenvalue weighted by atomic mass is 32.1. The topological polar surface area (TPSA) is 65.3 Å². The van der Waals surface area contributed by atoms with Gasteiger partial charge < -0.3 is 15.2 Å². The van der Waals surface area contributed by atoms with Crippen molar-refractivity contribution in [3.8, 4) is 11.8 Å². The number of benzene rings is 1. The molecule has 0 aliphatic carbocycles. The fourth-order valence-corrected chi connectivity index (χ4v) is 2.33. The predicted molar refractivity (Wildman–Crippen MR) is 78.7 cm³/mol. The van der Waals surface area contributed by atoms with Crippen molar-refractivity contribution in [2.75, 3.05) is 13.2 Å². The fraction of sp³-hybridized carbons (Fsp3) is 0.267. The van der Waals surface area contributed by atoms with Gasteiger partial charge in [0, 0.05) is 18.0 Å². The summed E-state index contributed by atoms with van der Waals surface area (Å²) in [5, 5.41) is 23.7. The zero-order valence-electron chi connectivity index (χ0n) is 11.0. The zero-order valence-corrected chi connectivity index (χ0v) is 11.8. The fourth-order valence-electron chi connectivity index (χ4n) is 1.65. The minimum atomic E-state index is -0.564. The smallest absolute Gasteiger partial charge is 0.119 e. The molecule has 0 aliphatic rings. The first-order valence-electron chi connectivity index (χ1n) is 6.32. The van der Waals surface area contributed by atoms with E-state index in [1.165, 1.54) is 4.88 Å². The first-order valence-corrected chi connectivity index (χ1v) is 7.20. The monoisotopic (exact) mass is 288 g/mol. The van der Waals surface area contributed by atoms with Gasteiger partial charge in [-0.25, -0.2) is 0 Å². The molecule has 0 bridgehead atoms.